The fourth-order valence-corrected chi connectivity index (χ4v) is 2.44. The number of rotatable bonds is 0. The highest BCUT2D eigenvalue weighted by atomic mass is 16.4. The molecule has 0 aromatic carbocycles. The molecule has 1 N–H and O–H groups in total. The fraction of sp³-hybridized carbons (Fsp3) is 0.778. The molecule has 13 heavy (non-hydrogen) atoms. The molecule has 0 saturated carbocycles. The van der Waals surface area contributed by atoms with Gasteiger partial charge in [0.25, 0.3) is 0 Å². The predicted molar refractivity (Wildman–Crippen MR) is 45.5 cm³/mol. The summed E-state index contributed by atoms with van der Waals surface area (Å²) in [6, 6.07) is -0.223. The molecule has 2 rings (SSSR count). The highest BCUT2D eigenvalue weighted by Crippen LogP contribution is 2.31. The first-order valence-electron chi connectivity index (χ1n) is 4.74. The molecule has 0 unspecified atom stereocenters. The molecule has 0 radical (unpaired) electrons. The lowest BCUT2D eigenvalue weighted by molar-refractivity contribution is -0.129. The minimum atomic E-state index is -0.928. The molecule has 0 aromatic rings. The largest absolute Gasteiger partial charge is 0.465 e. The van der Waals surface area contributed by atoms with Crippen LogP contribution in [-0.2, 0) is 4.79 Å². The van der Waals surface area contributed by atoms with E-state index in [-0.39, 0.29) is 17.9 Å². The summed E-state index contributed by atoms with van der Waals surface area (Å²) in [6.07, 6.45) is 3.01. The quantitative estimate of drug-likeness (QED) is 0.614. The molecule has 2 fully saturated rings. The molecule has 0 aliphatic carbocycles. The van der Waals surface area contributed by atoms with Crippen LogP contribution in [0.4, 0.5) is 4.79 Å². The average molecular weight is 183 g/mol. The zero-order valence-electron chi connectivity index (χ0n) is 7.40. The van der Waals surface area contributed by atoms with Gasteiger partial charge in [-0.3, -0.25) is 9.69 Å². The topological polar surface area (TPSA) is 57.6 Å². The molecule has 2 aliphatic heterocycles. The maximum Gasteiger partial charge on any atom is 0.408 e. The molecular formula is C9H13NO3. The fourth-order valence-electron chi connectivity index (χ4n) is 2.44. The van der Waals surface area contributed by atoms with Gasteiger partial charge in [-0.25, -0.2) is 4.79 Å². The van der Waals surface area contributed by atoms with E-state index in [4.69, 9.17) is 5.11 Å². The van der Waals surface area contributed by atoms with Gasteiger partial charge in [0, 0.05) is 12.5 Å². The molecular weight excluding hydrogens is 170 g/mol. The maximum atomic E-state index is 11.4. The van der Waals surface area contributed by atoms with E-state index in [1.54, 1.807) is 0 Å². The van der Waals surface area contributed by atoms with Gasteiger partial charge in [-0.05, 0) is 25.7 Å². The molecule has 0 aromatic heterocycles. The average Bonchev–Trinajstić information content (AvgIpc) is 2.11. The summed E-state index contributed by atoms with van der Waals surface area (Å²) in [7, 11) is 0. The SMILES string of the molecule is O=C1CC[C@H]2CCC[C@H]1N2C(=O)O. The molecule has 2 heterocycles. The van der Waals surface area contributed by atoms with Gasteiger partial charge < -0.3 is 5.11 Å². The summed E-state index contributed by atoms with van der Waals surface area (Å²) in [6.45, 7) is 0. The Bertz CT molecular complexity index is 251. The van der Waals surface area contributed by atoms with Crippen molar-refractivity contribution in [2.45, 2.75) is 44.2 Å². The highest BCUT2D eigenvalue weighted by Gasteiger charge is 2.41. The van der Waals surface area contributed by atoms with E-state index in [9.17, 15) is 9.59 Å². The van der Waals surface area contributed by atoms with Gasteiger partial charge in [0.15, 0.2) is 5.78 Å². The second kappa shape index (κ2) is 3.01. The molecule has 2 saturated heterocycles. The van der Waals surface area contributed by atoms with E-state index in [1.807, 2.05) is 0 Å². The van der Waals surface area contributed by atoms with Crippen LogP contribution < -0.4 is 0 Å². The van der Waals surface area contributed by atoms with Crippen LogP contribution >= 0.6 is 0 Å². The number of Topliss-reactive ketones (excluding diaryl/α,β-unsaturated/α-hetero) is 1. The van der Waals surface area contributed by atoms with Gasteiger partial charge in [0.1, 0.15) is 0 Å². The Morgan fingerprint density at radius 1 is 1.38 bits per heavy atom. The van der Waals surface area contributed by atoms with Gasteiger partial charge in [-0.1, -0.05) is 0 Å². The van der Waals surface area contributed by atoms with Crippen molar-refractivity contribution in [3.8, 4) is 0 Å². The van der Waals surface area contributed by atoms with Crippen molar-refractivity contribution in [2.24, 2.45) is 0 Å². The number of fused-ring (bicyclic) bond motifs is 2. The standard InChI is InChI=1S/C9H13NO3/c11-8-5-4-6-2-1-3-7(8)10(6)9(12)13/h6-7H,1-5H2,(H,12,13)/t6-,7-/m1/s1. The number of ketones is 1. The Morgan fingerprint density at radius 2 is 2.15 bits per heavy atom. The van der Waals surface area contributed by atoms with Crippen molar-refractivity contribution in [3.63, 3.8) is 0 Å². The number of amides is 1. The number of hydrogen-bond acceptors (Lipinski definition) is 2. The summed E-state index contributed by atoms with van der Waals surface area (Å²) in [5, 5.41) is 8.94. The lowest BCUT2D eigenvalue weighted by Crippen LogP contribution is -2.56. The Labute approximate surface area is 76.5 Å². The smallest absolute Gasteiger partial charge is 0.408 e. The Hall–Kier alpha value is -1.06. The van der Waals surface area contributed by atoms with E-state index < -0.39 is 6.09 Å². The third-order valence-corrected chi connectivity index (χ3v) is 3.06. The summed E-state index contributed by atoms with van der Waals surface area (Å²) >= 11 is 0. The summed E-state index contributed by atoms with van der Waals surface area (Å²) in [5.41, 5.74) is 0. The Kier molecular flexibility index (Phi) is 1.98. The van der Waals surface area contributed by atoms with Crippen LogP contribution in [0.1, 0.15) is 32.1 Å². The van der Waals surface area contributed by atoms with Crippen LogP contribution in [0.25, 0.3) is 0 Å². The summed E-state index contributed by atoms with van der Waals surface area (Å²) < 4.78 is 0. The van der Waals surface area contributed by atoms with Gasteiger partial charge >= 0.3 is 6.09 Å². The molecule has 2 bridgehead atoms. The van der Waals surface area contributed by atoms with Crippen LogP contribution in [0.5, 0.6) is 0 Å². The number of nitrogens with zero attached hydrogens (tertiary/aromatic N) is 1. The van der Waals surface area contributed by atoms with E-state index in [0.29, 0.717) is 6.42 Å². The first-order chi connectivity index (χ1) is 6.20. The lowest BCUT2D eigenvalue weighted by Gasteiger charge is -2.43. The molecule has 72 valence electrons. The van der Waals surface area contributed by atoms with E-state index in [1.165, 1.54) is 4.90 Å². The van der Waals surface area contributed by atoms with Crippen LogP contribution in [0.15, 0.2) is 0 Å². The van der Waals surface area contributed by atoms with Crippen molar-refractivity contribution < 1.29 is 14.7 Å². The number of hydrogen-bond donors (Lipinski definition) is 1. The molecule has 0 spiro atoms. The van der Waals surface area contributed by atoms with Crippen LogP contribution in [0, 0.1) is 0 Å². The lowest BCUT2D eigenvalue weighted by atomic mass is 9.84. The highest BCUT2D eigenvalue weighted by molar-refractivity contribution is 5.88. The number of piperidine rings is 2. The van der Waals surface area contributed by atoms with Crippen LogP contribution in [-0.4, -0.2) is 34.0 Å². The molecule has 4 nitrogen and oxygen atoms in total. The first kappa shape index (κ1) is 8.53. The predicted octanol–water partition coefficient (Wildman–Crippen LogP) is 1.25. The minimum Gasteiger partial charge on any atom is -0.465 e. The molecule has 1 amide bonds. The normalized spacial score (nSPS) is 33.2. The molecule has 4 heteroatoms. The Balaban J connectivity index is 2.23. The number of carbonyl (C=O) groups excluding carboxylic acids is 1. The zero-order valence-corrected chi connectivity index (χ0v) is 7.40. The maximum absolute atomic E-state index is 11.4. The number of carbonyl (C=O) groups is 2. The van der Waals surface area contributed by atoms with Crippen molar-refractivity contribution >= 4 is 11.9 Å². The molecule has 2 aliphatic rings. The number of carboxylic acid groups (broad SMARTS) is 1. The minimum absolute atomic E-state index is 0.106. The van der Waals surface area contributed by atoms with Crippen molar-refractivity contribution in [1.29, 1.82) is 0 Å². The monoisotopic (exact) mass is 183 g/mol. The zero-order chi connectivity index (χ0) is 9.42. The first-order valence-corrected chi connectivity index (χ1v) is 4.74. The summed E-state index contributed by atoms with van der Waals surface area (Å²) in [4.78, 5) is 23.7. The van der Waals surface area contributed by atoms with E-state index in [2.05, 4.69) is 0 Å². The van der Waals surface area contributed by atoms with Gasteiger partial charge in [-0.15, -0.1) is 0 Å². The van der Waals surface area contributed by atoms with Crippen LogP contribution in [0.3, 0.4) is 0 Å². The second-order valence-electron chi connectivity index (χ2n) is 3.80. The third kappa shape index (κ3) is 1.30. The molecule has 2 atom stereocenters. The van der Waals surface area contributed by atoms with Crippen LogP contribution in [0.2, 0.25) is 0 Å². The third-order valence-electron chi connectivity index (χ3n) is 3.06. The van der Waals surface area contributed by atoms with Crippen molar-refractivity contribution in [2.75, 3.05) is 0 Å². The van der Waals surface area contributed by atoms with E-state index in [0.717, 1.165) is 25.7 Å². The van der Waals surface area contributed by atoms with Crippen molar-refractivity contribution in [3.05, 3.63) is 0 Å². The Morgan fingerprint density at radius 3 is 2.77 bits per heavy atom. The van der Waals surface area contributed by atoms with Crippen molar-refractivity contribution in [1.82, 2.24) is 4.90 Å². The van der Waals surface area contributed by atoms with Gasteiger partial charge in [0.05, 0.1) is 6.04 Å². The van der Waals surface area contributed by atoms with E-state index >= 15 is 0 Å². The van der Waals surface area contributed by atoms with Gasteiger partial charge in [-0.2, -0.15) is 0 Å². The second-order valence-corrected chi connectivity index (χ2v) is 3.80. The van der Waals surface area contributed by atoms with Gasteiger partial charge in [0.2, 0.25) is 0 Å². The summed E-state index contributed by atoms with van der Waals surface area (Å²) in [5.74, 6) is 0.110.